The van der Waals surface area contributed by atoms with Gasteiger partial charge in [0.2, 0.25) is 10.0 Å². The number of H-pyrrole nitrogens is 1. The molecule has 3 aromatic rings. The normalized spacial score (nSPS) is 15.1. The Morgan fingerprint density at radius 2 is 1.80 bits per heavy atom. The van der Waals surface area contributed by atoms with E-state index in [1.165, 1.54) is 10.4 Å². The Morgan fingerprint density at radius 1 is 1.11 bits per heavy atom. The number of piperazine rings is 1. The summed E-state index contributed by atoms with van der Waals surface area (Å²) in [6.07, 6.45) is 1.52. The lowest BCUT2D eigenvalue weighted by molar-refractivity contribution is 0.222. The number of nitrogens with one attached hydrogen (secondary N) is 1. The molecule has 11 heteroatoms. The molecule has 35 heavy (non-hydrogen) atoms. The maximum atomic E-state index is 13.3. The summed E-state index contributed by atoms with van der Waals surface area (Å²) < 4.78 is 35.5. The van der Waals surface area contributed by atoms with Crippen LogP contribution >= 0.6 is 0 Å². The van der Waals surface area contributed by atoms with Gasteiger partial charge in [0.15, 0.2) is 11.3 Å². The number of hydrogen-bond donors (Lipinski definition) is 1. The van der Waals surface area contributed by atoms with E-state index in [9.17, 15) is 13.2 Å². The first-order valence-electron chi connectivity index (χ1n) is 12.2. The van der Waals surface area contributed by atoms with Crippen LogP contribution in [0.4, 0.5) is 0 Å². The van der Waals surface area contributed by atoms with E-state index in [4.69, 9.17) is 4.74 Å². The maximum Gasteiger partial charge on any atom is 0.277 e. The van der Waals surface area contributed by atoms with Crippen LogP contribution in [0.25, 0.3) is 16.9 Å². The highest BCUT2D eigenvalue weighted by molar-refractivity contribution is 7.89. The van der Waals surface area contributed by atoms with Crippen LogP contribution in [0.2, 0.25) is 0 Å². The highest BCUT2D eigenvalue weighted by Gasteiger charge is 2.29. The Bertz CT molecular complexity index is 1320. The molecule has 192 valence electrons. The molecule has 10 nitrogen and oxygen atoms in total. The molecular formula is C24H36N6O4S. The molecule has 0 saturated carbocycles. The second kappa shape index (κ2) is 11.3. The number of aryl methyl sites for hydroxylation is 2. The van der Waals surface area contributed by atoms with Crippen LogP contribution in [-0.2, 0) is 16.4 Å². The number of imidazole rings is 1. The van der Waals surface area contributed by atoms with Gasteiger partial charge in [0.25, 0.3) is 5.56 Å². The monoisotopic (exact) mass is 504 g/mol. The molecule has 0 amide bonds. The zero-order valence-corrected chi connectivity index (χ0v) is 22.3. The summed E-state index contributed by atoms with van der Waals surface area (Å²) in [4.78, 5) is 22.5. The van der Waals surface area contributed by atoms with Gasteiger partial charge in [-0.3, -0.25) is 4.79 Å². The van der Waals surface area contributed by atoms with Crippen molar-refractivity contribution >= 4 is 15.5 Å². The second-order valence-corrected chi connectivity index (χ2v) is 10.2. The topological polar surface area (TPSA) is 113 Å². The van der Waals surface area contributed by atoms with Crippen LogP contribution in [-0.4, -0.2) is 77.0 Å². The van der Waals surface area contributed by atoms with Crippen LogP contribution in [0.15, 0.2) is 27.9 Å². The fourth-order valence-electron chi connectivity index (χ4n) is 4.06. The van der Waals surface area contributed by atoms with E-state index < -0.39 is 10.0 Å². The lowest BCUT2D eigenvalue weighted by Crippen LogP contribution is -2.47. The predicted octanol–water partition coefficient (Wildman–Crippen LogP) is 2.71. The van der Waals surface area contributed by atoms with Crippen molar-refractivity contribution in [3.63, 3.8) is 0 Å². The van der Waals surface area contributed by atoms with Gasteiger partial charge in [-0.25, -0.2) is 17.9 Å². The first kappa shape index (κ1) is 26.8. The molecule has 1 N–H and O–H groups in total. The molecule has 4 rings (SSSR count). The largest absolute Gasteiger partial charge is 0.493 e. The zero-order valence-electron chi connectivity index (χ0n) is 21.5. The van der Waals surface area contributed by atoms with E-state index >= 15 is 0 Å². The minimum absolute atomic E-state index is 0.142. The van der Waals surface area contributed by atoms with E-state index in [0.717, 1.165) is 6.42 Å². The molecule has 3 heterocycles. The molecule has 1 aliphatic heterocycles. The van der Waals surface area contributed by atoms with Crippen molar-refractivity contribution in [2.24, 2.45) is 0 Å². The molecule has 0 radical (unpaired) electrons. The number of sulfonamides is 1. The van der Waals surface area contributed by atoms with Gasteiger partial charge in [0.05, 0.1) is 22.8 Å². The predicted molar refractivity (Wildman–Crippen MR) is 137 cm³/mol. The van der Waals surface area contributed by atoms with E-state index in [0.29, 0.717) is 67.6 Å². The van der Waals surface area contributed by atoms with Crippen LogP contribution in [0.5, 0.6) is 5.75 Å². The van der Waals surface area contributed by atoms with Crippen LogP contribution < -0.4 is 10.3 Å². The Hall–Kier alpha value is -2.76. The number of rotatable bonds is 7. The summed E-state index contributed by atoms with van der Waals surface area (Å²) in [5.74, 6) is 1.38. The summed E-state index contributed by atoms with van der Waals surface area (Å²) in [6, 6.07) is 4.70. The summed E-state index contributed by atoms with van der Waals surface area (Å²) in [6.45, 7) is 12.2. The second-order valence-electron chi connectivity index (χ2n) is 8.22. The van der Waals surface area contributed by atoms with Crippen LogP contribution in [0, 0.1) is 6.92 Å². The van der Waals surface area contributed by atoms with Crippen LogP contribution in [0.3, 0.4) is 0 Å². The minimum atomic E-state index is -3.70. The highest BCUT2D eigenvalue weighted by atomic mass is 32.2. The van der Waals surface area contributed by atoms with Crippen molar-refractivity contribution in [3.05, 3.63) is 40.1 Å². The molecule has 0 aliphatic carbocycles. The number of nitrogens with zero attached hydrogens (tertiary/aromatic N) is 5. The molecule has 1 fully saturated rings. The van der Waals surface area contributed by atoms with Gasteiger partial charge in [-0.1, -0.05) is 20.8 Å². The highest BCUT2D eigenvalue weighted by Crippen LogP contribution is 2.31. The number of aromatic amines is 1. The van der Waals surface area contributed by atoms with Crippen molar-refractivity contribution in [2.75, 3.05) is 39.8 Å². The van der Waals surface area contributed by atoms with Crippen molar-refractivity contribution in [3.8, 4) is 17.1 Å². The van der Waals surface area contributed by atoms with Crippen molar-refractivity contribution in [1.29, 1.82) is 0 Å². The van der Waals surface area contributed by atoms with E-state index in [1.807, 2.05) is 34.7 Å². The number of hydrogen-bond acceptors (Lipinski definition) is 7. The first-order chi connectivity index (χ1) is 16.8. The maximum absolute atomic E-state index is 13.3. The third-order valence-corrected chi connectivity index (χ3v) is 7.72. The van der Waals surface area contributed by atoms with Crippen molar-refractivity contribution in [2.45, 2.75) is 52.4 Å². The quantitative estimate of drug-likeness (QED) is 0.526. The summed E-state index contributed by atoms with van der Waals surface area (Å²) in [5.41, 5.74) is 1.08. The van der Waals surface area contributed by atoms with E-state index in [-0.39, 0.29) is 16.3 Å². The van der Waals surface area contributed by atoms with Gasteiger partial charge in [0, 0.05) is 32.6 Å². The van der Waals surface area contributed by atoms with Gasteiger partial charge in [0.1, 0.15) is 11.6 Å². The smallest absolute Gasteiger partial charge is 0.277 e. The Morgan fingerprint density at radius 3 is 2.43 bits per heavy atom. The Labute approximate surface area is 207 Å². The van der Waals surface area contributed by atoms with Crippen molar-refractivity contribution in [1.82, 2.24) is 28.8 Å². The summed E-state index contributed by atoms with van der Waals surface area (Å²) in [5, 5.41) is 4.64. The molecule has 0 spiro atoms. The fraction of sp³-hybridized carbons (Fsp3) is 0.542. The Balaban J connectivity index is 0.00000167. The number of likely N-dealkylation sites (N-methyl/N-ethyl adjacent to an activating group) is 1. The van der Waals surface area contributed by atoms with Gasteiger partial charge in [-0.15, -0.1) is 5.10 Å². The Kier molecular flexibility index (Phi) is 8.68. The zero-order chi connectivity index (χ0) is 25.8. The molecule has 1 aromatic carbocycles. The van der Waals surface area contributed by atoms with E-state index in [1.54, 1.807) is 23.6 Å². The fourth-order valence-corrected chi connectivity index (χ4v) is 5.51. The van der Waals surface area contributed by atoms with Gasteiger partial charge >= 0.3 is 0 Å². The van der Waals surface area contributed by atoms with Gasteiger partial charge in [-0.05, 0) is 45.5 Å². The summed E-state index contributed by atoms with van der Waals surface area (Å²) >= 11 is 0. The molecule has 0 unspecified atom stereocenters. The first-order valence-corrected chi connectivity index (χ1v) is 13.6. The lowest BCUT2D eigenvalue weighted by atomic mass is 10.2. The third-order valence-electron chi connectivity index (χ3n) is 5.82. The average molecular weight is 505 g/mol. The number of ether oxygens (including phenoxy) is 1. The molecule has 1 aliphatic rings. The molecular weight excluding hydrogens is 468 g/mol. The standard InChI is InChI=1S/C22H30N6O4S.C2H6/c1-5-7-19-23-15(3)20-22(29)24-21(25-28(19)20)17-14-16(8-9-18(17)32-6-2)33(30,31)27-12-10-26(4)11-13-27;1-2/h8-9,14H,5-7,10-13H2,1-4H3,(H,24,25,29);1-2H3. The van der Waals surface area contributed by atoms with Gasteiger partial charge < -0.3 is 14.6 Å². The van der Waals surface area contributed by atoms with Crippen LogP contribution in [0.1, 0.15) is 45.6 Å². The van der Waals surface area contributed by atoms with E-state index in [2.05, 4.69) is 20.0 Å². The summed E-state index contributed by atoms with van der Waals surface area (Å²) in [7, 11) is -1.73. The number of aromatic nitrogens is 4. The number of fused-ring (bicyclic) bond motifs is 1. The molecule has 2 aromatic heterocycles. The molecule has 0 atom stereocenters. The van der Waals surface area contributed by atoms with Crippen molar-refractivity contribution < 1.29 is 13.2 Å². The molecule has 1 saturated heterocycles. The third kappa shape index (κ3) is 5.41. The lowest BCUT2D eigenvalue weighted by Gasteiger charge is -2.31. The van der Waals surface area contributed by atoms with Gasteiger partial charge in [-0.2, -0.15) is 4.31 Å². The average Bonchev–Trinajstić information content (AvgIpc) is 3.16. The minimum Gasteiger partial charge on any atom is -0.493 e. The number of benzene rings is 1. The SMILES string of the molecule is CC.CCCc1nc(C)c2c(=O)[nH]c(-c3cc(S(=O)(=O)N4CCN(C)CC4)ccc3OCC)nn12. The molecule has 0 bridgehead atoms.